The van der Waals surface area contributed by atoms with Gasteiger partial charge in [0, 0.05) is 12.1 Å². The molecule has 1 atom stereocenters. The zero-order chi connectivity index (χ0) is 11.5. The van der Waals surface area contributed by atoms with Crippen molar-refractivity contribution in [2.24, 2.45) is 0 Å². The molecule has 3 heteroatoms. The van der Waals surface area contributed by atoms with Crippen molar-refractivity contribution in [3.8, 4) is 0 Å². The van der Waals surface area contributed by atoms with Crippen molar-refractivity contribution in [2.45, 2.75) is 32.5 Å². The molecule has 1 aromatic rings. The van der Waals surface area contributed by atoms with Crippen molar-refractivity contribution >= 4 is 0 Å². The van der Waals surface area contributed by atoms with E-state index >= 15 is 0 Å². The number of rotatable bonds is 3. The summed E-state index contributed by atoms with van der Waals surface area (Å²) >= 11 is 0. The van der Waals surface area contributed by atoms with E-state index in [2.05, 4.69) is 5.32 Å². The van der Waals surface area contributed by atoms with Crippen LogP contribution in [0.25, 0.3) is 0 Å². The summed E-state index contributed by atoms with van der Waals surface area (Å²) in [6.45, 7) is 6.17. The van der Waals surface area contributed by atoms with Crippen LogP contribution in [0.1, 0.15) is 32.5 Å². The van der Waals surface area contributed by atoms with Crippen molar-refractivity contribution < 1.29 is 8.78 Å². The Hall–Kier alpha value is -0.960. The first kappa shape index (κ1) is 12.1. The molecule has 84 valence electrons. The van der Waals surface area contributed by atoms with Gasteiger partial charge in [-0.2, -0.15) is 0 Å². The Morgan fingerprint density at radius 3 is 2.20 bits per heavy atom. The topological polar surface area (TPSA) is 12.0 Å². The molecule has 0 aromatic heterocycles. The standard InChI is InChI=1S/C12H17F2N/c1-12(2,3)15-8-11(14)9-4-6-10(13)7-5-9/h4-7,11,15H,8H2,1-3H3. The average molecular weight is 213 g/mol. The van der Waals surface area contributed by atoms with Crippen molar-refractivity contribution in [1.82, 2.24) is 5.32 Å². The molecule has 0 radical (unpaired) electrons. The van der Waals surface area contributed by atoms with Gasteiger partial charge < -0.3 is 5.32 Å². The molecule has 15 heavy (non-hydrogen) atoms. The van der Waals surface area contributed by atoms with Gasteiger partial charge >= 0.3 is 0 Å². The summed E-state index contributed by atoms with van der Waals surface area (Å²) in [5.74, 6) is -0.338. The normalized spacial score (nSPS) is 13.9. The first-order valence-corrected chi connectivity index (χ1v) is 5.03. The Labute approximate surface area is 89.5 Å². The Morgan fingerprint density at radius 2 is 1.73 bits per heavy atom. The van der Waals surface area contributed by atoms with Crippen molar-refractivity contribution in [3.63, 3.8) is 0 Å². The summed E-state index contributed by atoms with van der Waals surface area (Å²) in [6, 6.07) is 5.51. The second-order valence-corrected chi connectivity index (χ2v) is 4.65. The summed E-state index contributed by atoms with van der Waals surface area (Å²) < 4.78 is 26.2. The van der Waals surface area contributed by atoms with Crippen LogP contribution in [0.3, 0.4) is 0 Å². The highest BCUT2D eigenvalue weighted by Gasteiger charge is 2.14. The summed E-state index contributed by atoms with van der Waals surface area (Å²) in [4.78, 5) is 0. The van der Waals surface area contributed by atoms with Crippen LogP contribution in [0, 0.1) is 5.82 Å². The van der Waals surface area contributed by atoms with Crippen LogP contribution < -0.4 is 5.32 Å². The third-order valence-electron chi connectivity index (χ3n) is 2.04. The molecule has 0 spiro atoms. The van der Waals surface area contributed by atoms with Gasteiger partial charge in [0.15, 0.2) is 0 Å². The Balaban J connectivity index is 2.54. The fourth-order valence-electron chi connectivity index (χ4n) is 1.19. The van der Waals surface area contributed by atoms with Gasteiger partial charge in [0.1, 0.15) is 12.0 Å². The van der Waals surface area contributed by atoms with Crippen LogP contribution in [-0.4, -0.2) is 12.1 Å². The number of alkyl halides is 1. The van der Waals surface area contributed by atoms with Crippen LogP contribution in [0.4, 0.5) is 8.78 Å². The molecule has 1 unspecified atom stereocenters. The SMILES string of the molecule is CC(C)(C)NCC(F)c1ccc(F)cc1. The molecule has 0 heterocycles. The van der Waals surface area contributed by atoms with E-state index < -0.39 is 6.17 Å². The quantitative estimate of drug-likeness (QED) is 0.812. The molecule has 0 bridgehead atoms. The van der Waals surface area contributed by atoms with Gasteiger partial charge in [0.2, 0.25) is 0 Å². The molecular formula is C12H17F2N. The maximum atomic E-state index is 13.6. The summed E-state index contributed by atoms with van der Waals surface area (Å²) in [5, 5.41) is 3.07. The van der Waals surface area contributed by atoms with Crippen LogP contribution in [0.5, 0.6) is 0 Å². The predicted octanol–water partition coefficient (Wildman–Crippen LogP) is 3.22. The Morgan fingerprint density at radius 1 is 1.20 bits per heavy atom. The van der Waals surface area contributed by atoms with E-state index in [9.17, 15) is 8.78 Å². The minimum absolute atomic E-state index is 0.107. The van der Waals surface area contributed by atoms with E-state index in [1.165, 1.54) is 24.3 Å². The highest BCUT2D eigenvalue weighted by molar-refractivity contribution is 5.18. The maximum Gasteiger partial charge on any atom is 0.138 e. The Bertz CT molecular complexity index is 300. The van der Waals surface area contributed by atoms with E-state index in [0.29, 0.717) is 5.56 Å². The van der Waals surface area contributed by atoms with Gasteiger partial charge in [-0.15, -0.1) is 0 Å². The van der Waals surface area contributed by atoms with Gasteiger partial charge in [-0.25, -0.2) is 8.78 Å². The highest BCUT2D eigenvalue weighted by Crippen LogP contribution is 2.17. The van der Waals surface area contributed by atoms with Crippen LogP contribution in [-0.2, 0) is 0 Å². The van der Waals surface area contributed by atoms with Gasteiger partial charge in [-0.05, 0) is 38.5 Å². The minimum atomic E-state index is -1.09. The molecule has 0 saturated carbocycles. The van der Waals surface area contributed by atoms with Crippen molar-refractivity contribution in [2.75, 3.05) is 6.54 Å². The third kappa shape index (κ3) is 4.38. The van der Waals surface area contributed by atoms with E-state index in [4.69, 9.17) is 0 Å². The summed E-state index contributed by atoms with van der Waals surface area (Å²) in [5.41, 5.74) is 0.401. The zero-order valence-electron chi connectivity index (χ0n) is 9.35. The lowest BCUT2D eigenvalue weighted by Crippen LogP contribution is -2.37. The van der Waals surface area contributed by atoms with Gasteiger partial charge in [-0.1, -0.05) is 12.1 Å². The maximum absolute atomic E-state index is 13.6. The zero-order valence-corrected chi connectivity index (χ0v) is 9.35. The lowest BCUT2D eigenvalue weighted by molar-refractivity contribution is 0.291. The van der Waals surface area contributed by atoms with E-state index in [1.54, 1.807) is 0 Å². The molecule has 0 amide bonds. The van der Waals surface area contributed by atoms with Gasteiger partial charge in [0.25, 0.3) is 0 Å². The molecule has 1 N–H and O–H groups in total. The highest BCUT2D eigenvalue weighted by atomic mass is 19.1. The Kier molecular flexibility index (Phi) is 3.80. The molecule has 0 aliphatic heterocycles. The fourth-order valence-corrected chi connectivity index (χ4v) is 1.19. The van der Waals surface area contributed by atoms with Gasteiger partial charge in [0.05, 0.1) is 0 Å². The molecule has 0 saturated heterocycles. The third-order valence-corrected chi connectivity index (χ3v) is 2.04. The second kappa shape index (κ2) is 4.71. The average Bonchev–Trinajstić information content (AvgIpc) is 2.14. The smallest absolute Gasteiger partial charge is 0.138 e. The monoisotopic (exact) mass is 213 g/mol. The predicted molar refractivity (Wildman–Crippen MR) is 58.0 cm³/mol. The lowest BCUT2D eigenvalue weighted by Gasteiger charge is -2.22. The minimum Gasteiger partial charge on any atom is -0.309 e. The molecule has 1 rings (SSSR count). The molecule has 1 nitrogen and oxygen atoms in total. The largest absolute Gasteiger partial charge is 0.309 e. The van der Waals surface area contributed by atoms with E-state index in [0.717, 1.165) is 0 Å². The van der Waals surface area contributed by atoms with Crippen molar-refractivity contribution in [1.29, 1.82) is 0 Å². The van der Waals surface area contributed by atoms with E-state index in [1.807, 2.05) is 20.8 Å². The summed E-state index contributed by atoms with van der Waals surface area (Å²) in [7, 11) is 0. The van der Waals surface area contributed by atoms with Crippen molar-refractivity contribution in [3.05, 3.63) is 35.6 Å². The number of hydrogen-bond acceptors (Lipinski definition) is 1. The number of nitrogens with one attached hydrogen (secondary N) is 1. The molecular weight excluding hydrogens is 196 g/mol. The number of hydrogen-bond donors (Lipinski definition) is 1. The first-order chi connectivity index (χ1) is 6.88. The van der Waals surface area contributed by atoms with E-state index in [-0.39, 0.29) is 17.9 Å². The lowest BCUT2D eigenvalue weighted by atomic mass is 10.1. The van der Waals surface area contributed by atoms with Crippen LogP contribution >= 0.6 is 0 Å². The molecule has 0 aliphatic rings. The van der Waals surface area contributed by atoms with Gasteiger partial charge in [-0.3, -0.25) is 0 Å². The molecule has 0 fully saturated rings. The second-order valence-electron chi connectivity index (χ2n) is 4.65. The first-order valence-electron chi connectivity index (χ1n) is 5.03. The summed E-state index contributed by atoms with van der Waals surface area (Å²) in [6.07, 6.45) is -1.09. The van der Waals surface area contributed by atoms with Crippen LogP contribution in [0.15, 0.2) is 24.3 Å². The number of halogens is 2. The van der Waals surface area contributed by atoms with Crippen LogP contribution in [0.2, 0.25) is 0 Å². The molecule has 1 aromatic carbocycles. The molecule has 0 aliphatic carbocycles. The number of benzene rings is 1. The fraction of sp³-hybridized carbons (Fsp3) is 0.500.